The van der Waals surface area contributed by atoms with Crippen molar-refractivity contribution < 1.29 is 23.8 Å². The Balaban J connectivity index is 1.60. The van der Waals surface area contributed by atoms with Crippen molar-refractivity contribution in [2.75, 3.05) is 43.4 Å². The van der Waals surface area contributed by atoms with Crippen LogP contribution in [0.25, 0.3) is 10.9 Å². The lowest BCUT2D eigenvalue weighted by molar-refractivity contribution is -0.111. The van der Waals surface area contributed by atoms with Gasteiger partial charge in [0.1, 0.15) is 23.1 Å². The number of rotatable bonds is 10. The first-order valence-electron chi connectivity index (χ1n) is 13.1. The highest BCUT2D eigenvalue weighted by Gasteiger charge is 2.27. The number of carbonyl (C=O) groups excluding carboxylic acids is 2. The van der Waals surface area contributed by atoms with Gasteiger partial charge in [-0.15, -0.1) is 0 Å². The quantitative estimate of drug-likeness (QED) is 0.155. The Hall–Kier alpha value is -4.52. The van der Waals surface area contributed by atoms with E-state index in [1.807, 2.05) is 6.92 Å². The largest absolute Gasteiger partial charge is 0.495 e. The van der Waals surface area contributed by atoms with Crippen LogP contribution in [0.15, 0.2) is 43.4 Å². The van der Waals surface area contributed by atoms with E-state index in [0.717, 1.165) is 12.0 Å². The van der Waals surface area contributed by atoms with Crippen molar-refractivity contribution in [2.24, 2.45) is 0 Å². The van der Waals surface area contributed by atoms with Crippen LogP contribution in [-0.4, -0.2) is 65.1 Å². The molecule has 1 aliphatic heterocycles. The van der Waals surface area contributed by atoms with Crippen LogP contribution in [0.1, 0.15) is 28.2 Å². The number of hydrogen-bond acceptors (Lipinski definition) is 11. The summed E-state index contributed by atoms with van der Waals surface area (Å²) in [5.41, 5.74) is 2.15. The summed E-state index contributed by atoms with van der Waals surface area (Å²) in [5.74, 6) is 0.0801. The first-order valence-corrected chi connectivity index (χ1v) is 13.8. The van der Waals surface area contributed by atoms with Crippen molar-refractivity contribution in [3.05, 3.63) is 70.4 Å². The molecule has 4 heterocycles. The normalized spacial score (nSPS) is 14.3. The van der Waals surface area contributed by atoms with Crippen LogP contribution in [0.2, 0.25) is 10.0 Å². The maximum Gasteiger partial charge on any atom is 0.247 e. The molecule has 1 aliphatic rings. The molecule has 1 aromatic carbocycles. The number of amides is 1. The number of aryl methyl sites for hydroxylation is 1. The maximum absolute atomic E-state index is 13.8. The van der Waals surface area contributed by atoms with Crippen LogP contribution in [0.4, 0.5) is 23.0 Å². The van der Waals surface area contributed by atoms with Gasteiger partial charge in [0.05, 0.1) is 71.8 Å². The topological polar surface area (TPSA) is 149 Å². The molecule has 3 N–H and O–H groups in total. The Bertz CT molecular complexity index is 1720. The second kappa shape index (κ2) is 12.8. The molecule has 0 aliphatic carbocycles. The highest BCUT2D eigenvalue weighted by Crippen LogP contribution is 2.41. The first kappa shape index (κ1) is 30.0. The average molecular weight is 624 g/mol. The zero-order valence-corrected chi connectivity index (χ0v) is 25.0. The Kier molecular flexibility index (Phi) is 8.90. The number of nitrogens with zero attached hydrogens (tertiary/aromatic N) is 4. The van der Waals surface area contributed by atoms with E-state index in [1.54, 1.807) is 12.3 Å². The minimum Gasteiger partial charge on any atom is -0.495 e. The standard InChI is InChI=1S/C29H27Cl2N7O5/c1-5-22(39)35-18-11-32-10-14(2)26(18)37-21-8-16-17(12-33-21)36-29(38-28(16)34-15-6-7-43-13-15)27(40)23-24(30)19(41-3)9-20(42-4)25(23)31/h5,8-12,15H,1,6-7,13H2,2-4H3,(H,35,39)(H,32,33,37)(H,34,36,38). The van der Waals surface area contributed by atoms with Gasteiger partial charge in [-0.1, -0.05) is 29.8 Å². The van der Waals surface area contributed by atoms with E-state index in [2.05, 4.69) is 42.5 Å². The zero-order valence-electron chi connectivity index (χ0n) is 23.5. The molecule has 1 saturated heterocycles. The molecular weight excluding hydrogens is 597 g/mol. The van der Waals surface area contributed by atoms with Crippen LogP contribution in [0.5, 0.6) is 11.5 Å². The summed E-state index contributed by atoms with van der Waals surface area (Å²) in [6.07, 6.45) is 6.61. The molecule has 1 amide bonds. The van der Waals surface area contributed by atoms with Gasteiger partial charge in [-0.25, -0.2) is 15.0 Å². The van der Waals surface area contributed by atoms with Gasteiger partial charge in [0, 0.05) is 24.3 Å². The van der Waals surface area contributed by atoms with Gasteiger partial charge < -0.3 is 30.2 Å². The number of carbonyl (C=O) groups is 2. The lowest BCUT2D eigenvalue weighted by atomic mass is 10.1. The van der Waals surface area contributed by atoms with Gasteiger partial charge in [0.15, 0.2) is 0 Å². The third-order valence-corrected chi connectivity index (χ3v) is 7.44. The van der Waals surface area contributed by atoms with Crippen molar-refractivity contribution >= 4 is 68.8 Å². The number of methoxy groups -OCH3 is 2. The molecule has 12 nitrogen and oxygen atoms in total. The molecule has 0 bridgehead atoms. The second-order valence-electron chi connectivity index (χ2n) is 9.50. The molecule has 5 rings (SSSR count). The Morgan fingerprint density at radius 3 is 2.49 bits per heavy atom. The lowest BCUT2D eigenvalue weighted by Gasteiger charge is -2.17. The number of benzene rings is 1. The predicted molar refractivity (Wildman–Crippen MR) is 164 cm³/mol. The summed E-state index contributed by atoms with van der Waals surface area (Å²) in [5, 5.41) is 9.96. The van der Waals surface area contributed by atoms with Gasteiger partial charge in [0.2, 0.25) is 17.5 Å². The van der Waals surface area contributed by atoms with Crippen LogP contribution < -0.4 is 25.4 Å². The molecule has 1 unspecified atom stereocenters. The molecular formula is C29H27Cl2N7O5. The Labute approximate surface area is 256 Å². The third kappa shape index (κ3) is 6.17. The predicted octanol–water partition coefficient (Wildman–Crippen LogP) is 5.35. The number of pyridine rings is 2. The van der Waals surface area contributed by atoms with E-state index in [9.17, 15) is 9.59 Å². The third-order valence-electron chi connectivity index (χ3n) is 6.69. The molecule has 1 atom stereocenters. The molecule has 222 valence electrons. The fourth-order valence-electron chi connectivity index (χ4n) is 4.49. The molecule has 0 saturated carbocycles. The van der Waals surface area contributed by atoms with Gasteiger partial charge in [-0.3, -0.25) is 14.6 Å². The lowest BCUT2D eigenvalue weighted by Crippen LogP contribution is -2.21. The number of halogens is 2. The first-order chi connectivity index (χ1) is 20.7. The molecule has 0 spiro atoms. The van der Waals surface area contributed by atoms with E-state index >= 15 is 0 Å². The number of nitrogens with one attached hydrogen (secondary N) is 3. The minimum absolute atomic E-state index is 0.00504. The smallest absolute Gasteiger partial charge is 0.247 e. The average Bonchev–Trinajstić information content (AvgIpc) is 3.52. The van der Waals surface area contributed by atoms with Crippen LogP contribution in [0, 0.1) is 6.92 Å². The van der Waals surface area contributed by atoms with Crippen molar-refractivity contribution in [2.45, 2.75) is 19.4 Å². The fraction of sp³-hybridized carbons (Fsp3) is 0.241. The highest BCUT2D eigenvalue weighted by molar-refractivity contribution is 6.42. The highest BCUT2D eigenvalue weighted by atomic mass is 35.5. The molecule has 14 heteroatoms. The van der Waals surface area contributed by atoms with E-state index < -0.39 is 5.78 Å². The van der Waals surface area contributed by atoms with Gasteiger partial charge in [-0.05, 0) is 31.1 Å². The van der Waals surface area contributed by atoms with E-state index in [-0.39, 0.29) is 44.9 Å². The minimum atomic E-state index is -0.628. The van der Waals surface area contributed by atoms with Gasteiger partial charge in [-0.2, -0.15) is 0 Å². The number of aromatic nitrogens is 4. The van der Waals surface area contributed by atoms with E-state index in [0.29, 0.717) is 47.1 Å². The summed E-state index contributed by atoms with van der Waals surface area (Å²) in [6.45, 7) is 6.41. The van der Waals surface area contributed by atoms with Crippen molar-refractivity contribution in [3.63, 3.8) is 0 Å². The molecule has 0 radical (unpaired) electrons. The number of ether oxygens (including phenoxy) is 3. The second-order valence-corrected chi connectivity index (χ2v) is 10.3. The van der Waals surface area contributed by atoms with Crippen molar-refractivity contribution in [1.29, 1.82) is 0 Å². The van der Waals surface area contributed by atoms with Crippen LogP contribution >= 0.6 is 23.2 Å². The zero-order chi connectivity index (χ0) is 30.7. The molecule has 3 aromatic heterocycles. The van der Waals surface area contributed by atoms with Crippen LogP contribution in [0.3, 0.4) is 0 Å². The molecule has 4 aromatic rings. The van der Waals surface area contributed by atoms with Gasteiger partial charge in [0.25, 0.3) is 0 Å². The number of fused-ring (bicyclic) bond motifs is 1. The summed E-state index contributed by atoms with van der Waals surface area (Å²) in [7, 11) is 2.84. The van der Waals surface area contributed by atoms with E-state index in [1.165, 1.54) is 38.8 Å². The number of anilines is 4. The fourth-order valence-corrected chi connectivity index (χ4v) is 5.16. The van der Waals surface area contributed by atoms with Crippen molar-refractivity contribution in [3.8, 4) is 11.5 Å². The number of hydrogen-bond donors (Lipinski definition) is 3. The maximum atomic E-state index is 13.8. The number of ketones is 1. The Morgan fingerprint density at radius 1 is 1.09 bits per heavy atom. The van der Waals surface area contributed by atoms with E-state index in [4.69, 9.17) is 37.4 Å². The monoisotopic (exact) mass is 623 g/mol. The summed E-state index contributed by atoms with van der Waals surface area (Å²) >= 11 is 13.0. The van der Waals surface area contributed by atoms with Crippen molar-refractivity contribution in [1.82, 2.24) is 19.9 Å². The van der Waals surface area contributed by atoms with Crippen LogP contribution in [-0.2, 0) is 9.53 Å². The molecule has 1 fully saturated rings. The summed E-state index contributed by atoms with van der Waals surface area (Å²) < 4.78 is 16.2. The Morgan fingerprint density at radius 2 is 1.84 bits per heavy atom. The van der Waals surface area contributed by atoms with Gasteiger partial charge >= 0.3 is 0 Å². The molecule has 43 heavy (non-hydrogen) atoms. The SMILES string of the molecule is C=CC(=O)Nc1cncc(C)c1Nc1cc2c(NC3CCOC3)nc(C(=O)c3c(Cl)c(OC)cc(OC)c3Cl)nc2cn1. The summed E-state index contributed by atoms with van der Waals surface area (Å²) in [4.78, 5) is 43.6. The summed E-state index contributed by atoms with van der Waals surface area (Å²) in [6, 6.07) is 3.19.